The topological polar surface area (TPSA) is 422 Å². The van der Waals surface area contributed by atoms with Gasteiger partial charge in [-0.05, 0) is 127 Å². The number of hydrogen-bond donors (Lipinski definition) is 13. The molecule has 0 aromatic heterocycles. The van der Waals surface area contributed by atoms with Crippen molar-refractivity contribution in [1.29, 1.82) is 0 Å². The molecule has 33 atom stereocenters. The first kappa shape index (κ1) is 69.3. The first-order valence-corrected chi connectivity index (χ1v) is 30.4. The van der Waals surface area contributed by atoms with Gasteiger partial charge in [0.1, 0.15) is 91.6 Å². The van der Waals surface area contributed by atoms with E-state index in [0.717, 1.165) is 11.1 Å². The third-order valence-corrected chi connectivity index (χ3v) is 20.6. The molecule has 0 amide bonds. The predicted octanol–water partition coefficient (Wildman–Crippen LogP) is -5.66. The van der Waals surface area contributed by atoms with Gasteiger partial charge >= 0.3 is 29.6 Å². The van der Waals surface area contributed by atoms with Crippen molar-refractivity contribution in [3.05, 3.63) is 23.3 Å². The Kier molecular flexibility index (Phi) is 22.2. The van der Waals surface area contributed by atoms with Gasteiger partial charge in [0.2, 0.25) is 10.4 Å². The number of aliphatic hydroxyl groups is 13. The average Bonchev–Trinajstić information content (AvgIpc) is 1.54. The summed E-state index contributed by atoms with van der Waals surface area (Å²) in [7, 11) is -5.12. The van der Waals surface area contributed by atoms with Gasteiger partial charge < -0.3 is 118 Å². The number of aliphatic hydroxyl groups excluding tert-OH is 12. The summed E-state index contributed by atoms with van der Waals surface area (Å²) >= 11 is 0. The third-order valence-electron chi connectivity index (χ3n) is 20.1. The van der Waals surface area contributed by atoms with Gasteiger partial charge in [-0.2, -0.15) is 0 Å². The Balaban J connectivity index is 0.00000920. The summed E-state index contributed by atoms with van der Waals surface area (Å²) in [6.45, 7) is 12.9. The Morgan fingerprint density at radius 1 is 0.667 bits per heavy atom. The van der Waals surface area contributed by atoms with Crippen LogP contribution in [0.1, 0.15) is 107 Å². The molecule has 478 valence electrons. The van der Waals surface area contributed by atoms with Gasteiger partial charge in [-0.25, -0.2) is 8.42 Å². The van der Waals surface area contributed by atoms with Crippen molar-refractivity contribution in [1.82, 2.24) is 0 Å². The molecule has 0 radical (unpaired) electrons. The first-order chi connectivity index (χ1) is 38.8. The molecule has 9 rings (SSSR count). The second-order valence-electron chi connectivity index (χ2n) is 25.8. The SMILES string of the molecule is CC(C)=CC[C@H](O)[C@](C)(O)[C@H]1CCC2C3C[C@H](OC4OC(C)C(O)C(OC5OCC(OC6OCC(O)C(O)C6OC6OC(C)C(O)C(O)C6O)C(O)C5OC5OC(C)C(O)C(O)C5O)C4O)C4C[C@@H](OS(=O)(=O)[O-])CC[C@]4(C)C3=CC[C@@]21C.[Na+]. The second-order valence-corrected chi connectivity index (χ2v) is 26.8. The van der Waals surface area contributed by atoms with Gasteiger partial charge in [0.15, 0.2) is 31.5 Å². The van der Waals surface area contributed by atoms with Crippen LogP contribution in [0, 0.1) is 34.5 Å². The summed E-state index contributed by atoms with van der Waals surface area (Å²) in [6, 6.07) is 0. The van der Waals surface area contributed by atoms with Gasteiger partial charge in [0, 0.05) is 0 Å². The van der Waals surface area contributed by atoms with Crippen LogP contribution in [-0.2, 0) is 62.0 Å². The Bertz CT molecular complexity index is 2390. The molecule has 29 heteroatoms. The van der Waals surface area contributed by atoms with E-state index in [1.165, 1.54) is 20.8 Å². The van der Waals surface area contributed by atoms with Crippen molar-refractivity contribution in [2.24, 2.45) is 34.5 Å². The summed E-state index contributed by atoms with van der Waals surface area (Å²) in [5.41, 5.74) is -0.448. The van der Waals surface area contributed by atoms with E-state index < -0.39 is 206 Å². The van der Waals surface area contributed by atoms with Crippen LogP contribution in [0.2, 0.25) is 0 Å². The molecule has 8 fully saturated rings. The molecule has 0 bridgehead atoms. The molecule has 5 saturated heterocycles. The van der Waals surface area contributed by atoms with E-state index in [2.05, 4.69) is 19.9 Å². The molecule has 27 nitrogen and oxygen atoms in total. The van der Waals surface area contributed by atoms with Crippen LogP contribution in [0.3, 0.4) is 0 Å². The molecule has 5 aliphatic heterocycles. The maximum Gasteiger partial charge on any atom is 1.00 e. The van der Waals surface area contributed by atoms with Gasteiger partial charge in [0.25, 0.3) is 0 Å². The molecular weight excluding hydrogens is 1150 g/mol. The van der Waals surface area contributed by atoms with E-state index in [9.17, 15) is 79.4 Å². The Morgan fingerprint density at radius 2 is 1.19 bits per heavy atom. The number of allylic oxidation sites excluding steroid dienone is 3. The van der Waals surface area contributed by atoms with Crippen LogP contribution in [0.25, 0.3) is 0 Å². The zero-order chi connectivity index (χ0) is 60.7. The van der Waals surface area contributed by atoms with Crippen LogP contribution in [0.5, 0.6) is 0 Å². The molecule has 0 aromatic rings. The van der Waals surface area contributed by atoms with Crippen molar-refractivity contribution in [3.63, 3.8) is 0 Å². The maximum atomic E-state index is 12.4. The first-order valence-electron chi connectivity index (χ1n) is 29.1. The van der Waals surface area contributed by atoms with Crippen LogP contribution in [0.15, 0.2) is 23.3 Å². The number of rotatable bonds is 16. The minimum atomic E-state index is -5.12. The van der Waals surface area contributed by atoms with Crippen LogP contribution in [-0.4, -0.2) is 258 Å². The van der Waals surface area contributed by atoms with Gasteiger partial charge in [-0.1, -0.05) is 37.1 Å². The van der Waals surface area contributed by atoms with E-state index in [0.29, 0.717) is 32.1 Å². The molecule has 9 aliphatic rings. The van der Waals surface area contributed by atoms with E-state index in [4.69, 9.17) is 51.6 Å². The standard InChI is InChI=1S/C55H90O27S.Na/c1-21(2)9-12-34(57)55(8,68)33-11-10-27-26-18-31(29-17-25(82-83(69,70)71)13-15-53(29,6)28(26)14-16-54(27,33)7)77-50-44(67)45(37(60)24(5)76-50)79-52-47(81-49-43(66)41(64)36(59)23(4)75-49)39(62)32(20-73-52)78-51-46(38(61)30(56)19-72-51)80-48-42(65)40(63)35(58)22(3)74-48;/h9,14,22-27,29-52,56-68H,10-13,15-20H2,1-8H3,(H,69,70,71);/q;+1/p-1/t22?,23?,24?,25-,26?,27?,29?,30?,31-,32?,33-,34-,35?,36?,37?,38?,39?,40?,41?,42?,43?,44?,45?,46?,47?,48?,49?,50?,51?,52?,53+,54-,55+;/m0./s1. The summed E-state index contributed by atoms with van der Waals surface area (Å²) in [5.74, 6) is -1.01. The second kappa shape index (κ2) is 26.9. The Labute approximate surface area is 511 Å². The monoisotopic (exact) mass is 1240 g/mol. The molecule has 0 aromatic carbocycles. The smallest absolute Gasteiger partial charge is 0.726 e. The van der Waals surface area contributed by atoms with Crippen molar-refractivity contribution < 1.29 is 160 Å². The minimum Gasteiger partial charge on any atom is -0.726 e. The van der Waals surface area contributed by atoms with E-state index in [1.54, 1.807) is 6.92 Å². The number of hydrogen-bond acceptors (Lipinski definition) is 27. The fraction of sp³-hybridized carbons (Fsp3) is 0.927. The van der Waals surface area contributed by atoms with Gasteiger partial charge in [-0.3, -0.25) is 4.18 Å². The van der Waals surface area contributed by atoms with Gasteiger partial charge in [-0.15, -0.1) is 0 Å². The van der Waals surface area contributed by atoms with E-state index in [1.807, 2.05) is 19.9 Å². The quantitative estimate of drug-likeness (QED) is 0.0296. The third kappa shape index (κ3) is 13.7. The van der Waals surface area contributed by atoms with Crippen molar-refractivity contribution in [3.8, 4) is 0 Å². The van der Waals surface area contributed by atoms with Crippen LogP contribution < -0.4 is 29.6 Å². The molecule has 13 N–H and O–H groups in total. The van der Waals surface area contributed by atoms with E-state index >= 15 is 0 Å². The van der Waals surface area contributed by atoms with Gasteiger partial charge in [0.05, 0.1) is 55.4 Å². The number of ether oxygens (including phenoxy) is 10. The van der Waals surface area contributed by atoms with Crippen LogP contribution >= 0.6 is 0 Å². The molecule has 26 unspecified atom stereocenters. The molecule has 4 aliphatic carbocycles. The summed E-state index contributed by atoms with van der Waals surface area (Å²) in [5, 5.41) is 146. The van der Waals surface area contributed by atoms with Crippen molar-refractivity contribution >= 4 is 10.4 Å². The van der Waals surface area contributed by atoms with Crippen LogP contribution in [0.4, 0.5) is 0 Å². The maximum absolute atomic E-state index is 12.4. The summed E-state index contributed by atoms with van der Waals surface area (Å²) in [6.07, 6.45) is -33.5. The zero-order valence-electron chi connectivity index (χ0n) is 49.0. The number of fused-ring (bicyclic) bond motifs is 5. The molecule has 3 saturated carbocycles. The molecule has 0 spiro atoms. The summed E-state index contributed by atoms with van der Waals surface area (Å²) < 4.78 is 102. The fourth-order valence-corrected chi connectivity index (χ4v) is 15.7. The zero-order valence-corrected chi connectivity index (χ0v) is 51.8. The molecule has 84 heavy (non-hydrogen) atoms. The molecule has 5 heterocycles. The Hall–Kier alpha value is -0.570. The average molecular weight is 1240 g/mol. The predicted molar refractivity (Wildman–Crippen MR) is 279 cm³/mol. The minimum absolute atomic E-state index is 0. The van der Waals surface area contributed by atoms with E-state index in [-0.39, 0.29) is 66.6 Å². The molecular formula is C55H89NaO27S. The Morgan fingerprint density at radius 3 is 1.77 bits per heavy atom. The summed E-state index contributed by atoms with van der Waals surface area (Å²) in [4.78, 5) is 0. The van der Waals surface area contributed by atoms with Crippen molar-refractivity contribution in [2.45, 2.75) is 272 Å². The normalized spacial score (nSPS) is 51.0. The van der Waals surface area contributed by atoms with Crippen molar-refractivity contribution in [2.75, 3.05) is 13.2 Å². The fourth-order valence-electron chi connectivity index (χ4n) is 15.2. The largest absolute Gasteiger partial charge is 1.00 e.